The molecule has 1 amide bonds. The lowest BCUT2D eigenvalue weighted by molar-refractivity contribution is -0.121. The maximum atomic E-state index is 12.3. The van der Waals surface area contributed by atoms with Crippen molar-refractivity contribution >= 4 is 29.1 Å². The van der Waals surface area contributed by atoms with Gasteiger partial charge in [0.1, 0.15) is 5.57 Å². The van der Waals surface area contributed by atoms with Gasteiger partial charge in [-0.15, -0.1) is 0 Å². The van der Waals surface area contributed by atoms with E-state index in [1.165, 1.54) is 35.7 Å². The first-order valence-corrected chi connectivity index (χ1v) is 8.56. The molecule has 0 radical (unpaired) electrons. The molecule has 1 heterocycles. The fourth-order valence-electron chi connectivity index (χ4n) is 2.33. The van der Waals surface area contributed by atoms with Gasteiger partial charge in [0, 0.05) is 12.2 Å². The van der Waals surface area contributed by atoms with Gasteiger partial charge in [-0.2, -0.15) is 0 Å². The number of aryl methyl sites for hydroxylation is 2. The molecule has 2 aliphatic rings. The van der Waals surface area contributed by atoms with Crippen molar-refractivity contribution in [2.45, 2.75) is 26.7 Å². The summed E-state index contributed by atoms with van der Waals surface area (Å²) >= 11 is 1.40. The molecule has 5 heteroatoms. The summed E-state index contributed by atoms with van der Waals surface area (Å²) in [4.78, 5) is 24.3. The molecule has 4 nitrogen and oxygen atoms in total. The molecule has 0 bridgehead atoms. The zero-order chi connectivity index (χ0) is 15.7. The molecule has 2 N–H and O–H groups in total. The van der Waals surface area contributed by atoms with E-state index >= 15 is 0 Å². The molecule has 1 aromatic rings. The zero-order valence-electron chi connectivity index (χ0n) is 12.9. The van der Waals surface area contributed by atoms with E-state index in [4.69, 9.17) is 0 Å². The summed E-state index contributed by atoms with van der Waals surface area (Å²) in [6.45, 7) is 4.78. The van der Waals surface area contributed by atoms with Crippen molar-refractivity contribution in [1.29, 1.82) is 0 Å². The minimum absolute atomic E-state index is 0.0929. The molecule has 0 atom stereocenters. The summed E-state index contributed by atoms with van der Waals surface area (Å²) in [6.07, 6.45) is 2.35. The van der Waals surface area contributed by atoms with Gasteiger partial charge in [-0.3, -0.25) is 9.59 Å². The molecule has 116 valence electrons. The summed E-state index contributed by atoms with van der Waals surface area (Å²) < 4.78 is 0. The summed E-state index contributed by atoms with van der Waals surface area (Å²) in [7, 11) is 0. The first-order valence-electron chi connectivity index (χ1n) is 7.57. The summed E-state index contributed by atoms with van der Waals surface area (Å²) in [5.41, 5.74) is 3.59. The van der Waals surface area contributed by atoms with Gasteiger partial charge in [-0.1, -0.05) is 17.8 Å². The van der Waals surface area contributed by atoms with Crippen molar-refractivity contribution in [3.8, 4) is 0 Å². The van der Waals surface area contributed by atoms with Crippen LogP contribution in [-0.4, -0.2) is 24.0 Å². The first kappa shape index (κ1) is 15.2. The Labute approximate surface area is 134 Å². The van der Waals surface area contributed by atoms with Crippen molar-refractivity contribution in [2.24, 2.45) is 5.92 Å². The topological polar surface area (TPSA) is 58.2 Å². The normalized spacial score (nSPS) is 17.8. The van der Waals surface area contributed by atoms with Gasteiger partial charge in [0.2, 0.25) is 0 Å². The smallest absolute Gasteiger partial charge is 0.257 e. The third-order valence-electron chi connectivity index (χ3n) is 4.09. The van der Waals surface area contributed by atoms with Crippen LogP contribution in [0, 0.1) is 19.8 Å². The second-order valence-corrected chi connectivity index (χ2v) is 6.98. The largest absolute Gasteiger partial charge is 0.352 e. The Kier molecular flexibility index (Phi) is 4.25. The van der Waals surface area contributed by atoms with Crippen LogP contribution in [-0.2, 0) is 9.59 Å². The molecule has 22 heavy (non-hydrogen) atoms. The van der Waals surface area contributed by atoms with E-state index < -0.39 is 0 Å². The number of amides is 1. The van der Waals surface area contributed by atoms with Crippen LogP contribution in [0.1, 0.15) is 24.0 Å². The van der Waals surface area contributed by atoms with Gasteiger partial charge in [0.15, 0.2) is 5.78 Å². The van der Waals surface area contributed by atoms with E-state index in [9.17, 15) is 9.59 Å². The van der Waals surface area contributed by atoms with E-state index in [1.54, 1.807) is 0 Å². The lowest BCUT2D eigenvalue weighted by Gasteiger charge is -2.11. The lowest BCUT2D eigenvalue weighted by Crippen LogP contribution is -2.30. The van der Waals surface area contributed by atoms with E-state index in [-0.39, 0.29) is 17.3 Å². The monoisotopic (exact) mass is 316 g/mol. The number of rotatable bonds is 5. The van der Waals surface area contributed by atoms with Crippen LogP contribution in [0.3, 0.4) is 0 Å². The Morgan fingerprint density at radius 3 is 2.73 bits per heavy atom. The van der Waals surface area contributed by atoms with Crippen molar-refractivity contribution in [1.82, 2.24) is 5.32 Å². The van der Waals surface area contributed by atoms with E-state index in [2.05, 4.69) is 17.6 Å². The van der Waals surface area contributed by atoms with Crippen LogP contribution in [0.4, 0.5) is 5.69 Å². The molecule has 1 fully saturated rings. The molecule has 1 aromatic carbocycles. The van der Waals surface area contributed by atoms with Crippen LogP contribution < -0.4 is 10.6 Å². The minimum Gasteiger partial charge on any atom is -0.352 e. The second-order valence-electron chi connectivity index (χ2n) is 5.99. The SMILES string of the molecule is Cc1ccc(NC2=C(C(=O)NCC3CC3)C(=O)CS2)cc1C. The minimum atomic E-state index is -0.242. The fraction of sp³-hybridized carbons (Fsp3) is 0.412. The van der Waals surface area contributed by atoms with Gasteiger partial charge in [-0.05, 0) is 55.9 Å². The number of benzene rings is 1. The molecule has 1 aliphatic heterocycles. The average molecular weight is 316 g/mol. The molecular formula is C17H20N2O2S. The first-order chi connectivity index (χ1) is 10.5. The fourth-order valence-corrected chi connectivity index (χ4v) is 3.30. The van der Waals surface area contributed by atoms with Crippen LogP contribution in [0.2, 0.25) is 0 Å². The molecule has 1 aliphatic carbocycles. The van der Waals surface area contributed by atoms with Crippen LogP contribution in [0.5, 0.6) is 0 Å². The van der Waals surface area contributed by atoms with Crippen LogP contribution >= 0.6 is 11.8 Å². The summed E-state index contributed by atoms with van der Waals surface area (Å²) in [6, 6.07) is 6.04. The molecule has 0 saturated heterocycles. The number of thioether (sulfide) groups is 1. The Hall–Kier alpha value is -1.75. The Balaban J connectivity index is 1.76. The van der Waals surface area contributed by atoms with Crippen molar-refractivity contribution in [3.63, 3.8) is 0 Å². The van der Waals surface area contributed by atoms with E-state index in [0.29, 0.717) is 23.2 Å². The van der Waals surface area contributed by atoms with Crippen molar-refractivity contribution in [3.05, 3.63) is 39.9 Å². The zero-order valence-corrected chi connectivity index (χ0v) is 13.7. The highest BCUT2D eigenvalue weighted by Gasteiger charge is 2.31. The number of ketones is 1. The van der Waals surface area contributed by atoms with E-state index in [1.807, 2.05) is 25.1 Å². The maximum Gasteiger partial charge on any atom is 0.257 e. The summed E-state index contributed by atoms with van der Waals surface area (Å²) in [5, 5.41) is 6.78. The van der Waals surface area contributed by atoms with Gasteiger partial charge < -0.3 is 10.6 Å². The Morgan fingerprint density at radius 1 is 1.27 bits per heavy atom. The van der Waals surface area contributed by atoms with Gasteiger partial charge in [0.25, 0.3) is 5.91 Å². The highest BCUT2D eigenvalue weighted by atomic mass is 32.2. The van der Waals surface area contributed by atoms with Crippen molar-refractivity contribution < 1.29 is 9.59 Å². The Morgan fingerprint density at radius 2 is 2.05 bits per heavy atom. The summed E-state index contributed by atoms with van der Waals surface area (Å²) in [5.74, 6) is 0.599. The standard InChI is InChI=1S/C17H20N2O2S/c1-10-3-6-13(7-11(10)2)19-17-15(14(20)9-22-17)16(21)18-8-12-4-5-12/h3,6-7,12,19H,4-5,8-9H2,1-2H3,(H,18,21). The highest BCUT2D eigenvalue weighted by Crippen LogP contribution is 2.31. The molecule has 0 aromatic heterocycles. The van der Waals surface area contributed by atoms with E-state index in [0.717, 1.165) is 5.69 Å². The second kappa shape index (κ2) is 6.16. The predicted molar refractivity (Wildman–Crippen MR) is 89.8 cm³/mol. The average Bonchev–Trinajstić information content (AvgIpc) is 3.24. The van der Waals surface area contributed by atoms with Gasteiger partial charge in [-0.25, -0.2) is 0 Å². The van der Waals surface area contributed by atoms with Crippen LogP contribution in [0.25, 0.3) is 0 Å². The number of Topliss-reactive ketones (excluding diaryl/α,β-unsaturated/α-hetero) is 1. The highest BCUT2D eigenvalue weighted by molar-refractivity contribution is 8.04. The predicted octanol–water partition coefficient (Wildman–Crippen LogP) is 2.77. The third-order valence-corrected chi connectivity index (χ3v) is 5.09. The number of carbonyl (C=O) groups is 2. The van der Waals surface area contributed by atoms with Gasteiger partial charge >= 0.3 is 0 Å². The maximum absolute atomic E-state index is 12.3. The number of anilines is 1. The van der Waals surface area contributed by atoms with Crippen LogP contribution in [0.15, 0.2) is 28.8 Å². The third kappa shape index (κ3) is 3.35. The van der Waals surface area contributed by atoms with Gasteiger partial charge in [0.05, 0.1) is 10.8 Å². The molecule has 0 spiro atoms. The Bertz CT molecular complexity index is 663. The number of nitrogens with one attached hydrogen (secondary N) is 2. The molecule has 3 rings (SSSR count). The number of carbonyl (C=O) groups excluding carboxylic acids is 2. The quantitative estimate of drug-likeness (QED) is 0.820. The number of hydrogen-bond acceptors (Lipinski definition) is 4. The van der Waals surface area contributed by atoms with Crippen molar-refractivity contribution in [2.75, 3.05) is 17.6 Å². The number of hydrogen-bond donors (Lipinski definition) is 2. The molecule has 0 unspecified atom stereocenters. The molecule has 1 saturated carbocycles. The lowest BCUT2D eigenvalue weighted by atomic mass is 10.1. The molecular weight excluding hydrogens is 296 g/mol.